The summed E-state index contributed by atoms with van der Waals surface area (Å²) in [4.78, 5) is 4.53. The minimum absolute atomic E-state index is 0. The van der Waals surface area contributed by atoms with Crippen LogP contribution in [0.5, 0.6) is 0 Å². The van der Waals surface area contributed by atoms with Gasteiger partial charge in [0.15, 0.2) is 5.96 Å². The van der Waals surface area contributed by atoms with E-state index in [0.717, 1.165) is 24.5 Å². The molecule has 1 aromatic rings. The van der Waals surface area contributed by atoms with Crippen LogP contribution in [0.15, 0.2) is 17.4 Å². The molecule has 1 heterocycles. The number of rotatable bonds is 5. The van der Waals surface area contributed by atoms with Gasteiger partial charge >= 0.3 is 0 Å². The molecule has 1 atom stereocenters. The van der Waals surface area contributed by atoms with Crippen LogP contribution in [-0.4, -0.2) is 28.3 Å². The van der Waals surface area contributed by atoms with E-state index in [-0.39, 0.29) is 24.0 Å². The summed E-state index contributed by atoms with van der Waals surface area (Å²) in [7, 11) is 1.91. The second-order valence-electron chi connectivity index (χ2n) is 4.17. The monoisotopic (exact) mass is 365 g/mol. The quantitative estimate of drug-likeness (QED) is 0.476. The van der Waals surface area contributed by atoms with Crippen molar-refractivity contribution < 1.29 is 0 Å². The largest absolute Gasteiger partial charge is 0.357 e. The summed E-state index contributed by atoms with van der Waals surface area (Å²) in [6.07, 6.45) is 4.91. The van der Waals surface area contributed by atoms with Crippen LogP contribution in [0.3, 0.4) is 0 Å². The van der Waals surface area contributed by atoms with Crippen molar-refractivity contribution >= 4 is 29.9 Å². The zero-order valence-corrected chi connectivity index (χ0v) is 13.9. The summed E-state index contributed by atoms with van der Waals surface area (Å²) in [6, 6.07) is 0.432. The molecule has 0 aromatic carbocycles. The van der Waals surface area contributed by atoms with E-state index in [0.29, 0.717) is 12.6 Å². The second kappa shape index (κ2) is 9.18. The molecule has 0 aliphatic rings. The van der Waals surface area contributed by atoms with E-state index in [9.17, 15) is 0 Å². The van der Waals surface area contributed by atoms with Crippen molar-refractivity contribution in [3.8, 4) is 0 Å². The standard InChI is InChI=1S/C12H23N5.HI/c1-5-10(3)16-12(13-6-2)14-7-11-8-15-17(4)9-11;/h8-10H,5-7H2,1-4H3,(H2,13,14,16);1H. The highest BCUT2D eigenvalue weighted by molar-refractivity contribution is 14.0. The predicted octanol–water partition coefficient (Wildman–Crippen LogP) is 1.89. The van der Waals surface area contributed by atoms with E-state index < -0.39 is 0 Å². The molecule has 18 heavy (non-hydrogen) atoms. The maximum Gasteiger partial charge on any atom is 0.191 e. The molecule has 0 aliphatic carbocycles. The number of aliphatic imine (C=N–C) groups is 1. The molecule has 0 saturated heterocycles. The van der Waals surface area contributed by atoms with Crippen molar-refractivity contribution in [1.82, 2.24) is 20.4 Å². The first kappa shape index (κ1) is 17.2. The number of aryl methyl sites for hydroxylation is 1. The average Bonchev–Trinajstić information content (AvgIpc) is 2.72. The molecule has 0 saturated carbocycles. The van der Waals surface area contributed by atoms with Crippen molar-refractivity contribution in [2.45, 2.75) is 39.8 Å². The van der Waals surface area contributed by atoms with Crippen molar-refractivity contribution in [3.05, 3.63) is 18.0 Å². The predicted molar refractivity (Wildman–Crippen MR) is 86.3 cm³/mol. The Morgan fingerprint density at radius 3 is 2.72 bits per heavy atom. The smallest absolute Gasteiger partial charge is 0.191 e. The zero-order chi connectivity index (χ0) is 12.7. The Hall–Kier alpha value is -0.790. The normalized spacial score (nSPS) is 12.8. The zero-order valence-electron chi connectivity index (χ0n) is 11.6. The number of hydrogen-bond donors (Lipinski definition) is 2. The molecule has 104 valence electrons. The third-order valence-electron chi connectivity index (χ3n) is 2.52. The van der Waals surface area contributed by atoms with Gasteiger partial charge in [0.1, 0.15) is 0 Å². The van der Waals surface area contributed by atoms with Gasteiger partial charge in [0.05, 0.1) is 12.7 Å². The molecular weight excluding hydrogens is 341 g/mol. The van der Waals surface area contributed by atoms with Crippen LogP contribution in [0, 0.1) is 0 Å². The number of nitrogens with one attached hydrogen (secondary N) is 2. The van der Waals surface area contributed by atoms with Crippen LogP contribution in [0.1, 0.15) is 32.8 Å². The Morgan fingerprint density at radius 2 is 2.22 bits per heavy atom. The first-order chi connectivity index (χ1) is 8.15. The third-order valence-corrected chi connectivity index (χ3v) is 2.52. The van der Waals surface area contributed by atoms with Crippen LogP contribution in [0.25, 0.3) is 0 Å². The van der Waals surface area contributed by atoms with Gasteiger partial charge in [0.2, 0.25) is 0 Å². The summed E-state index contributed by atoms with van der Waals surface area (Å²) in [5, 5.41) is 10.7. The maximum absolute atomic E-state index is 4.53. The summed E-state index contributed by atoms with van der Waals surface area (Å²) < 4.78 is 1.79. The molecule has 0 amide bonds. The summed E-state index contributed by atoms with van der Waals surface area (Å²) in [6.45, 7) is 7.89. The fourth-order valence-electron chi connectivity index (χ4n) is 1.38. The van der Waals surface area contributed by atoms with E-state index in [2.05, 4.69) is 41.5 Å². The minimum Gasteiger partial charge on any atom is -0.357 e. The SMILES string of the molecule is CCNC(=NCc1cnn(C)c1)NC(C)CC.I. The minimum atomic E-state index is 0. The highest BCUT2D eigenvalue weighted by Crippen LogP contribution is 1.98. The van der Waals surface area contributed by atoms with Crippen molar-refractivity contribution in [3.63, 3.8) is 0 Å². The van der Waals surface area contributed by atoms with Crippen LogP contribution < -0.4 is 10.6 Å². The Morgan fingerprint density at radius 1 is 1.50 bits per heavy atom. The fraction of sp³-hybridized carbons (Fsp3) is 0.667. The second-order valence-corrected chi connectivity index (χ2v) is 4.17. The van der Waals surface area contributed by atoms with Gasteiger partial charge < -0.3 is 10.6 Å². The topological polar surface area (TPSA) is 54.2 Å². The lowest BCUT2D eigenvalue weighted by atomic mass is 10.3. The number of aromatic nitrogens is 2. The van der Waals surface area contributed by atoms with E-state index in [1.54, 1.807) is 4.68 Å². The van der Waals surface area contributed by atoms with E-state index >= 15 is 0 Å². The molecular formula is C12H24IN5. The molecule has 0 bridgehead atoms. The molecule has 1 aromatic heterocycles. The van der Waals surface area contributed by atoms with Crippen molar-refractivity contribution in [1.29, 1.82) is 0 Å². The number of nitrogens with zero attached hydrogens (tertiary/aromatic N) is 3. The Balaban J connectivity index is 0.00000289. The Kier molecular flexibility index (Phi) is 8.78. The lowest BCUT2D eigenvalue weighted by molar-refractivity contribution is 0.624. The van der Waals surface area contributed by atoms with E-state index in [4.69, 9.17) is 0 Å². The van der Waals surface area contributed by atoms with Crippen LogP contribution >= 0.6 is 24.0 Å². The van der Waals surface area contributed by atoms with Crippen LogP contribution in [0.4, 0.5) is 0 Å². The fourth-order valence-corrected chi connectivity index (χ4v) is 1.38. The summed E-state index contributed by atoms with van der Waals surface area (Å²) in [5.41, 5.74) is 1.12. The van der Waals surface area contributed by atoms with Crippen LogP contribution in [0.2, 0.25) is 0 Å². The van der Waals surface area contributed by atoms with Gasteiger partial charge in [-0.3, -0.25) is 4.68 Å². The highest BCUT2D eigenvalue weighted by Gasteiger charge is 2.02. The van der Waals surface area contributed by atoms with Crippen LogP contribution in [-0.2, 0) is 13.6 Å². The van der Waals surface area contributed by atoms with Gasteiger partial charge in [-0.25, -0.2) is 4.99 Å². The lowest BCUT2D eigenvalue weighted by Gasteiger charge is -2.15. The van der Waals surface area contributed by atoms with Gasteiger partial charge in [0.25, 0.3) is 0 Å². The van der Waals surface area contributed by atoms with Gasteiger partial charge in [0, 0.05) is 31.4 Å². The van der Waals surface area contributed by atoms with Crippen molar-refractivity contribution in [2.24, 2.45) is 12.0 Å². The molecule has 6 heteroatoms. The van der Waals surface area contributed by atoms with Gasteiger partial charge in [-0.15, -0.1) is 24.0 Å². The Labute approximate surface area is 126 Å². The van der Waals surface area contributed by atoms with Gasteiger partial charge in [-0.2, -0.15) is 5.10 Å². The number of hydrogen-bond acceptors (Lipinski definition) is 2. The van der Waals surface area contributed by atoms with Gasteiger partial charge in [-0.05, 0) is 20.3 Å². The lowest BCUT2D eigenvalue weighted by Crippen LogP contribution is -2.41. The number of halogens is 1. The number of guanidine groups is 1. The van der Waals surface area contributed by atoms with Crippen molar-refractivity contribution in [2.75, 3.05) is 6.54 Å². The molecule has 5 nitrogen and oxygen atoms in total. The molecule has 0 aliphatic heterocycles. The van der Waals surface area contributed by atoms with Gasteiger partial charge in [-0.1, -0.05) is 6.92 Å². The summed E-state index contributed by atoms with van der Waals surface area (Å²) in [5.74, 6) is 0.866. The third kappa shape index (κ3) is 6.23. The molecule has 0 radical (unpaired) electrons. The maximum atomic E-state index is 4.53. The molecule has 0 spiro atoms. The molecule has 2 N–H and O–H groups in total. The Bertz CT molecular complexity index is 361. The average molecular weight is 365 g/mol. The summed E-state index contributed by atoms with van der Waals surface area (Å²) >= 11 is 0. The molecule has 1 unspecified atom stereocenters. The highest BCUT2D eigenvalue weighted by atomic mass is 127. The first-order valence-corrected chi connectivity index (χ1v) is 6.18. The molecule has 0 fully saturated rings. The molecule has 1 rings (SSSR count). The van der Waals surface area contributed by atoms with E-state index in [1.807, 2.05) is 19.4 Å². The van der Waals surface area contributed by atoms with E-state index in [1.165, 1.54) is 0 Å². The first-order valence-electron chi connectivity index (χ1n) is 6.18.